The predicted molar refractivity (Wildman–Crippen MR) is 149 cm³/mol. The van der Waals surface area contributed by atoms with E-state index >= 15 is 0 Å². The second-order valence-corrected chi connectivity index (χ2v) is 11.6. The molecule has 8 nitrogen and oxygen atoms in total. The molecule has 0 aliphatic heterocycles. The first-order valence-electron chi connectivity index (χ1n) is 10.4. The van der Waals surface area contributed by atoms with Crippen LogP contribution in [-0.2, 0) is 21.4 Å². The number of anilines is 1. The van der Waals surface area contributed by atoms with E-state index in [-0.39, 0.29) is 0 Å². The maximum atomic E-state index is 12.4. The fourth-order valence-corrected chi connectivity index (χ4v) is 5.00. The number of nitrogens with zero attached hydrogens (tertiary/aromatic N) is 2. The summed E-state index contributed by atoms with van der Waals surface area (Å²) in [6.07, 6.45) is 2.45. The molecule has 0 spiro atoms. The highest BCUT2D eigenvalue weighted by Crippen LogP contribution is 2.37. The second kappa shape index (κ2) is 12.6. The van der Waals surface area contributed by atoms with Gasteiger partial charge < -0.3 is 9.47 Å². The van der Waals surface area contributed by atoms with Crippen LogP contribution < -0.4 is 19.2 Å². The quantitative estimate of drug-likeness (QED) is 0.233. The third-order valence-corrected chi connectivity index (χ3v) is 7.21. The van der Waals surface area contributed by atoms with Crippen LogP contribution in [0.3, 0.4) is 0 Å². The zero-order chi connectivity index (χ0) is 26.3. The normalized spacial score (nSPS) is 11.4. The smallest absolute Gasteiger partial charge is 0.260 e. The molecule has 0 aliphatic carbocycles. The molecule has 3 aromatic rings. The number of methoxy groups -OCH3 is 1. The average molecular weight is 660 g/mol. The molecule has 0 heterocycles. The van der Waals surface area contributed by atoms with E-state index < -0.39 is 22.5 Å². The van der Waals surface area contributed by atoms with Crippen LogP contribution in [0, 0.1) is 0 Å². The van der Waals surface area contributed by atoms with Gasteiger partial charge in [0.2, 0.25) is 10.0 Å². The lowest BCUT2D eigenvalue weighted by Crippen LogP contribution is -2.39. The van der Waals surface area contributed by atoms with E-state index in [9.17, 15) is 13.2 Å². The van der Waals surface area contributed by atoms with Crippen LogP contribution in [0.15, 0.2) is 74.7 Å². The number of hydrazone groups is 1. The highest BCUT2D eigenvalue weighted by molar-refractivity contribution is 9.10. The number of ether oxygens (including phenoxy) is 2. The van der Waals surface area contributed by atoms with Crippen molar-refractivity contribution < 1.29 is 22.7 Å². The third-order valence-electron chi connectivity index (χ3n) is 4.73. The van der Waals surface area contributed by atoms with Gasteiger partial charge in [-0.15, -0.1) is 0 Å². The number of benzene rings is 3. The van der Waals surface area contributed by atoms with Gasteiger partial charge in [0, 0.05) is 9.50 Å². The maximum Gasteiger partial charge on any atom is 0.260 e. The monoisotopic (exact) mass is 657 g/mol. The molecule has 3 aromatic carbocycles. The first-order chi connectivity index (χ1) is 17.1. The zero-order valence-corrected chi connectivity index (χ0v) is 24.0. The van der Waals surface area contributed by atoms with E-state index in [2.05, 4.69) is 42.4 Å². The standard InChI is InChI=1S/C24H22Br2ClN3O5S/c1-34-22-11-17(10-21(26)24(22)35-15-16-6-8-19(27)9-7-16)13-28-29-23(31)14-30(36(2,32)33)20-5-3-4-18(25)12-20/h3-13H,14-15H2,1-2H3,(H,29,31)/b28-13-. The van der Waals surface area contributed by atoms with Crippen molar-refractivity contribution >= 4 is 71.3 Å². The summed E-state index contributed by atoms with van der Waals surface area (Å²) in [5.74, 6) is 0.362. The minimum absolute atomic E-state index is 0.310. The van der Waals surface area contributed by atoms with Gasteiger partial charge in [-0.2, -0.15) is 5.10 Å². The lowest BCUT2D eigenvalue weighted by molar-refractivity contribution is -0.119. The van der Waals surface area contributed by atoms with E-state index in [0.717, 1.165) is 16.1 Å². The highest BCUT2D eigenvalue weighted by Gasteiger charge is 2.21. The van der Waals surface area contributed by atoms with Crippen LogP contribution in [0.2, 0.25) is 5.02 Å². The molecule has 0 aliphatic rings. The van der Waals surface area contributed by atoms with Gasteiger partial charge in [-0.1, -0.05) is 45.7 Å². The van der Waals surface area contributed by atoms with Gasteiger partial charge in [0.1, 0.15) is 13.2 Å². The van der Waals surface area contributed by atoms with Crippen molar-refractivity contribution in [3.63, 3.8) is 0 Å². The van der Waals surface area contributed by atoms with E-state index in [0.29, 0.717) is 43.3 Å². The second-order valence-electron chi connectivity index (χ2n) is 7.49. The van der Waals surface area contributed by atoms with Gasteiger partial charge in [-0.05, 0) is 69.5 Å². The van der Waals surface area contributed by atoms with Crippen molar-refractivity contribution in [1.29, 1.82) is 0 Å². The van der Waals surface area contributed by atoms with Crippen molar-refractivity contribution in [3.05, 3.63) is 85.8 Å². The van der Waals surface area contributed by atoms with E-state index in [1.54, 1.807) is 48.5 Å². The van der Waals surface area contributed by atoms with Crippen LogP contribution >= 0.6 is 43.5 Å². The summed E-state index contributed by atoms with van der Waals surface area (Å²) < 4.78 is 38.1. The molecule has 0 fully saturated rings. The van der Waals surface area contributed by atoms with Gasteiger partial charge in [-0.3, -0.25) is 9.10 Å². The molecule has 0 unspecified atom stereocenters. The highest BCUT2D eigenvalue weighted by atomic mass is 79.9. The molecule has 0 saturated heterocycles. The summed E-state index contributed by atoms with van der Waals surface area (Å²) in [6.45, 7) is -0.123. The molecule has 0 bridgehead atoms. The minimum Gasteiger partial charge on any atom is -0.493 e. The summed E-state index contributed by atoms with van der Waals surface area (Å²) in [4.78, 5) is 12.4. The Kier molecular flexibility index (Phi) is 9.77. The van der Waals surface area contributed by atoms with Crippen LogP contribution in [-0.4, -0.2) is 40.4 Å². The fraction of sp³-hybridized carbons (Fsp3) is 0.167. The third kappa shape index (κ3) is 7.95. The van der Waals surface area contributed by atoms with Crippen molar-refractivity contribution in [2.24, 2.45) is 5.10 Å². The van der Waals surface area contributed by atoms with E-state index in [1.807, 2.05) is 12.1 Å². The Hall–Kier alpha value is -2.60. The van der Waals surface area contributed by atoms with Gasteiger partial charge in [0.05, 0.1) is 29.7 Å². The number of rotatable bonds is 10. The number of amides is 1. The average Bonchev–Trinajstić information content (AvgIpc) is 2.82. The Balaban J connectivity index is 1.67. The molecule has 1 N–H and O–H groups in total. The van der Waals surface area contributed by atoms with Crippen molar-refractivity contribution in [2.75, 3.05) is 24.2 Å². The molecular formula is C24H22Br2ClN3O5S. The van der Waals surface area contributed by atoms with Crippen molar-refractivity contribution in [2.45, 2.75) is 6.61 Å². The van der Waals surface area contributed by atoms with Gasteiger partial charge in [0.25, 0.3) is 5.91 Å². The Morgan fingerprint density at radius 3 is 2.50 bits per heavy atom. The zero-order valence-electron chi connectivity index (χ0n) is 19.2. The Morgan fingerprint density at radius 2 is 1.86 bits per heavy atom. The Morgan fingerprint density at radius 1 is 1.14 bits per heavy atom. The van der Waals surface area contributed by atoms with Crippen LogP contribution in [0.1, 0.15) is 11.1 Å². The molecule has 1 amide bonds. The van der Waals surface area contributed by atoms with E-state index in [1.165, 1.54) is 13.3 Å². The first kappa shape index (κ1) is 28.0. The van der Waals surface area contributed by atoms with Crippen molar-refractivity contribution in [3.8, 4) is 11.5 Å². The molecule has 36 heavy (non-hydrogen) atoms. The number of sulfonamides is 1. The van der Waals surface area contributed by atoms with Gasteiger partial charge >= 0.3 is 0 Å². The summed E-state index contributed by atoms with van der Waals surface area (Å²) in [5, 5.41) is 4.59. The van der Waals surface area contributed by atoms with Crippen molar-refractivity contribution in [1.82, 2.24) is 5.43 Å². The summed E-state index contributed by atoms with van der Waals surface area (Å²) in [5.41, 5.74) is 4.26. The summed E-state index contributed by atoms with van der Waals surface area (Å²) in [6, 6.07) is 17.4. The van der Waals surface area contributed by atoms with Crippen LogP contribution in [0.25, 0.3) is 0 Å². The maximum absolute atomic E-state index is 12.4. The van der Waals surface area contributed by atoms with E-state index in [4.69, 9.17) is 21.1 Å². The molecule has 12 heteroatoms. The molecular weight excluding hydrogens is 638 g/mol. The number of carbonyl (C=O) groups is 1. The molecule has 0 atom stereocenters. The molecule has 0 aromatic heterocycles. The Labute approximate surface area is 231 Å². The SMILES string of the molecule is COc1cc(/C=N\NC(=O)CN(c2cccc(Br)c2)S(C)(=O)=O)cc(Br)c1OCc1ccc(Cl)cc1. The molecule has 0 radical (unpaired) electrons. The largest absolute Gasteiger partial charge is 0.493 e. The van der Waals surface area contributed by atoms with Gasteiger partial charge in [0.15, 0.2) is 11.5 Å². The number of hydrogen-bond acceptors (Lipinski definition) is 6. The molecule has 3 rings (SSSR count). The molecule has 190 valence electrons. The topological polar surface area (TPSA) is 97.3 Å². The lowest BCUT2D eigenvalue weighted by atomic mass is 10.2. The van der Waals surface area contributed by atoms with Crippen LogP contribution in [0.5, 0.6) is 11.5 Å². The fourth-order valence-electron chi connectivity index (χ4n) is 3.07. The summed E-state index contributed by atoms with van der Waals surface area (Å²) in [7, 11) is -2.18. The summed E-state index contributed by atoms with van der Waals surface area (Å²) >= 11 is 12.7. The predicted octanol–water partition coefficient (Wildman–Crippen LogP) is 5.37. The number of halogens is 3. The number of hydrogen-bond donors (Lipinski definition) is 1. The first-order valence-corrected chi connectivity index (χ1v) is 14.2. The molecule has 0 saturated carbocycles. The lowest BCUT2D eigenvalue weighted by Gasteiger charge is -2.21. The Bertz CT molecular complexity index is 1370. The number of nitrogens with one attached hydrogen (secondary N) is 1. The number of carbonyl (C=O) groups excluding carboxylic acids is 1. The van der Waals surface area contributed by atoms with Gasteiger partial charge in [-0.25, -0.2) is 13.8 Å². The van der Waals surface area contributed by atoms with Crippen LogP contribution in [0.4, 0.5) is 5.69 Å². The minimum atomic E-state index is -3.70.